The van der Waals surface area contributed by atoms with Gasteiger partial charge < -0.3 is 9.26 Å². The van der Waals surface area contributed by atoms with Crippen molar-refractivity contribution in [2.45, 2.75) is 12.6 Å². The number of nitrogens with one attached hydrogen (secondary N) is 2. The zero-order chi connectivity index (χ0) is 20.2. The zero-order valence-corrected chi connectivity index (χ0v) is 16.3. The highest BCUT2D eigenvalue weighted by atomic mass is 19.1. The molecule has 9 heteroatoms. The third kappa shape index (κ3) is 4.42. The van der Waals surface area contributed by atoms with Crippen molar-refractivity contribution in [3.8, 4) is 17.1 Å². The van der Waals surface area contributed by atoms with Gasteiger partial charge in [0.15, 0.2) is 0 Å². The van der Waals surface area contributed by atoms with Crippen molar-refractivity contribution in [1.82, 2.24) is 30.9 Å². The van der Waals surface area contributed by atoms with Crippen molar-refractivity contribution in [2.24, 2.45) is 5.92 Å². The maximum atomic E-state index is 14.5. The van der Waals surface area contributed by atoms with Gasteiger partial charge in [0.1, 0.15) is 11.6 Å². The van der Waals surface area contributed by atoms with Crippen LogP contribution in [0.5, 0.6) is 5.75 Å². The highest BCUT2D eigenvalue weighted by Gasteiger charge is 2.31. The second-order valence-electron chi connectivity index (χ2n) is 7.09. The fourth-order valence-electron chi connectivity index (χ4n) is 3.56. The lowest BCUT2D eigenvalue weighted by Crippen LogP contribution is -2.30. The van der Waals surface area contributed by atoms with E-state index in [0.717, 1.165) is 18.7 Å². The fourth-order valence-corrected chi connectivity index (χ4v) is 3.56. The summed E-state index contributed by atoms with van der Waals surface area (Å²) in [6.45, 7) is 1.96. The van der Waals surface area contributed by atoms with Gasteiger partial charge in [0.2, 0.25) is 11.7 Å². The van der Waals surface area contributed by atoms with Crippen LogP contribution in [0.1, 0.15) is 17.5 Å². The van der Waals surface area contributed by atoms with Crippen LogP contribution in [0, 0.1) is 11.7 Å². The summed E-state index contributed by atoms with van der Waals surface area (Å²) in [6, 6.07) is 8.49. The number of nitrogens with zero attached hydrogens (tertiary/aromatic N) is 4. The van der Waals surface area contributed by atoms with Crippen LogP contribution in [0.4, 0.5) is 4.39 Å². The lowest BCUT2D eigenvalue weighted by atomic mass is 9.94. The zero-order valence-electron chi connectivity index (χ0n) is 16.3. The minimum absolute atomic E-state index is 0.140. The Morgan fingerprint density at radius 3 is 2.86 bits per heavy atom. The first-order chi connectivity index (χ1) is 14.1. The van der Waals surface area contributed by atoms with Gasteiger partial charge in [0.25, 0.3) is 0 Å². The molecule has 0 bridgehead atoms. The number of hydrazine groups is 1. The van der Waals surface area contributed by atoms with Crippen molar-refractivity contribution < 1.29 is 13.7 Å². The Kier molecular flexibility index (Phi) is 5.79. The summed E-state index contributed by atoms with van der Waals surface area (Å²) in [4.78, 5) is 10.5. The molecule has 29 heavy (non-hydrogen) atoms. The highest BCUT2D eigenvalue weighted by Crippen LogP contribution is 2.29. The van der Waals surface area contributed by atoms with E-state index in [-0.39, 0.29) is 17.8 Å². The molecule has 2 aromatic heterocycles. The first-order valence-electron chi connectivity index (χ1n) is 9.37. The number of ether oxygens (including phenoxy) is 1. The summed E-state index contributed by atoms with van der Waals surface area (Å²) in [7, 11) is 3.51. The molecule has 8 nitrogen and oxygen atoms in total. The lowest BCUT2D eigenvalue weighted by Gasteiger charge is -2.24. The molecule has 0 amide bonds. The summed E-state index contributed by atoms with van der Waals surface area (Å²) in [6.07, 6.45) is 3.38. The average Bonchev–Trinajstić information content (AvgIpc) is 3.38. The molecule has 0 aliphatic carbocycles. The lowest BCUT2D eigenvalue weighted by molar-refractivity contribution is 0.228. The quantitative estimate of drug-likeness (QED) is 0.626. The molecule has 3 heterocycles. The van der Waals surface area contributed by atoms with Crippen LogP contribution in [0.25, 0.3) is 11.4 Å². The SMILES string of the molecule is COc1ccc(C2NNCC2CN(C)Cc2nc(-c3ccncc3)no2)c(F)c1. The van der Waals surface area contributed by atoms with Crippen LogP contribution < -0.4 is 15.6 Å². The van der Waals surface area contributed by atoms with E-state index in [0.29, 0.717) is 29.6 Å². The standard InChI is InChI=1S/C20H23FN6O2/c1-27(12-18-24-20(26-29-18)13-5-7-22-8-6-13)11-14-10-23-25-19(14)16-4-3-15(28-2)9-17(16)21/h3-9,14,19,23,25H,10-12H2,1-2H3. The maximum absolute atomic E-state index is 14.5. The Morgan fingerprint density at radius 2 is 2.10 bits per heavy atom. The smallest absolute Gasteiger partial charge is 0.241 e. The summed E-state index contributed by atoms with van der Waals surface area (Å²) in [5.41, 5.74) is 7.80. The van der Waals surface area contributed by atoms with Crippen LogP contribution in [-0.4, -0.2) is 47.3 Å². The topological polar surface area (TPSA) is 88.3 Å². The number of benzene rings is 1. The number of methoxy groups -OCH3 is 1. The van der Waals surface area contributed by atoms with E-state index in [9.17, 15) is 4.39 Å². The van der Waals surface area contributed by atoms with Crippen molar-refractivity contribution in [3.05, 3.63) is 60.0 Å². The molecule has 1 aliphatic rings. The second kappa shape index (κ2) is 8.64. The number of aromatic nitrogens is 3. The number of hydrogen-bond acceptors (Lipinski definition) is 8. The van der Waals surface area contributed by atoms with Gasteiger partial charge in [-0.1, -0.05) is 11.2 Å². The molecule has 2 atom stereocenters. The molecule has 0 spiro atoms. The molecule has 2 unspecified atom stereocenters. The Balaban J connectivity index is 1.40. The first-order valence-corrected chi connectivity index (χ1v) is 9.37. The molecule has 0 radical (unpaired) electrons. The third-order valence-corrected chi connectivity index (χ3v) is 4.99. The van der Waals surface area contributed by atoms with Gasteiger partial charge in [-0.2, -0.15) is 4.98 Å². The van der Waals surface area contributed by atoms with Crippen molar-refractivity contribution >= 4 is 0 Å². The predicted molar refractivity (Wildman–Crippen MR) is 104 cm³/mol. The van der Waals surface area contributed by atoms with Crippen molar-refractivity contribution in [3.63, 3.8) is 0 Å². The normalized spacial score (nSPS) is 19.0. The summed E-state index contributed by atoms with van der Waals surface area (Å²) < 4.78 is 25.0. The van der Waals surface area contributed by atoms with Crippen LogP contribution in [0.3, 0.4) is 0 Å². The number of rotatable bonds is 7. The summed E-state index contributed by atoms with van der Waals surface area (Å²) >= 11 is 0. The molecule has 1 aliphatic heterocycles. The van der Waals surface area contributed by atoms with Gasteiger partial charge in [-0.3, -0.25) is 15.3 Å². The van der Waals surface area contributed by atoms with E-state index in [4.69, 9.17) is 9.26 Å². The van der Waals surface area contributed by atoms with Crippen LogP contribution in [0.15, 0.2) is 47.2 Å². The Bertz CT molecular complexity index is 951. The first kappa shape index (κ1) is 19.4. The van der Waals surface area contributed by atoms with Crippen molar-refractivity contribution in [1.29, 1.82) is 0 Å². The molecule has 1 fully saturated rings. The average molecular weight is 398 g/mol. The van der Waals surface area contributed by atoms with Crippen molar-refractivity contribution in [2.75, 3.05) is 27.2 Å². The largest absolute Gasteiger partial charge is 0.497 e. The van der Waals surface area contributed by atoms with E-state index in [2.05, 4.69) is 30.9 Å². The minimum Gasteiger partial charge on any atom is -0.497 e. The van der Waals surface area contributed by atoms with Crippen LogP contribution in [-0.2, 0) is 6.54 Å². The molecule has 1 saturated heterocycles. The molecular formula is C20H23FN6O2. The number of hydrogen-bond donors (Lipinski definition) is 2. The Morgan fingerprint density at radius 1 is 1.28 bits per heavy atom. The minimum atomic E-state index is -0.280. The molecular weight excluding hydrogens is 375 g/mol. The molecule has 2 N–H and O–H groups in total. The van der Waals surface area contributed by atoms with Gasteiger partial charge in [0, 0.05) is 48.6 Å². The molecule has 4 rings (SSSR count). The molecule has 1 aromatic carbocycles. The fraction of sp³-hybridized carbons (Fsp3) is 0.350. The van der Waals surface area contributed by atoms with Gasteiger partial charge in [-0.15, -0.1) is 0 Å². The van der Waals surface area contributed by atoms with Gasteiger partial charge in [0.05, 0.1) is 19.7 Å². The van der Waals surface area contributed by atoms with E-state index >= 15 is 0 Å². The number of pyridine rings is 1. The van der Waals surface area contributed by atoms with E-state index in [1.54, 1.807) is 24.5 Å². The van der Waals surface area contributed by atoms with Crippen LogP contribution >= 0.6 is 0 Å². The summed E-state index contributed by atoms with van der Waals surface area (Å²) in [5, 5.41) is 4.04. The Labute approximate surface area is 168 Å². The van der Waals surface area contributed by atoms with E-state index in [1.807, 2.05) is 19.2 Å². The predicted octanol–water partition coefficient (Wildman–Crippen LogP) is 2.18. The third-order valence-electron chi connectivity index (χ3n) is 4.99. The summed E-state index contributed by atoms with van der Waals surface area (Å²) in [5.74, 6) is 1.47. The van der Waals surface area contributed by atoms with E-state index in [1.165, 1.54) is 13.2 Å². The second-order valence-corrected chi connectivity index (χ2v) is 7.09. The van der Waals surface area contributed by atoms with Gasteiger partial charge in [-0.05, 0) is 25.2 Å². The molecule has 3 aromatic rings. The van der Waals surface area contributed by atoms with Crippen LogP contribution in [0.2, 0.25) is 0 Å². The number of halogens is 1. The molecule has 0 saturated carbocycles. The molecule has 152 valence electrons. The highest BCUT2D eigenvalue weighted by molar-refractivity contribution is 5.52. The van der Waals surface area contributed by atoms with E-state index < -0.39 is 0 Å². The monoisotopic (exact) mass is 398 g/mol. The van der Waals surface area contributed by atoms with Gasteiger partial charge in [-0.25, -0.2) is 9.82 Å². The van der Waals surface area contributed by atoms with Gasteiger partial charge >= 0.3 is 0 Å². The Hall–Kier alpha value is -2.88. The maximum Gasteiger partial charge on any atom is 0.241 e.